The Hall–Kier alpha value is -1.40. The van der Waals surface area contributed by atoms with Gasteiger partial charge in [-0.25, -0.2) is 0 Å². The van der Waals surface area contributed by atoms with Crippen molar-refractivity contribution >= 4 is 17.7 Å². The van der Waals surface area contributed by atoms with E-state index in [-0.39, 0.29) is 0 Å². The second-order valence-corrected chi connectivity index (χ2v) is 5.22. The van der Waals surface area contributed by atoms with E-state index in [0.717, 1.165) is 17.1 Å². The predicted molar refractivity (Wildman–Crippen MR) is 80.8 cm³/mol. The van der Waals surface area contributed by atoms with E-state index in [1.54, 1.807) is 26.0 Å². The van der Waals surface area contributed by atoms with Crippen LogP contribution in [-0.4, -0.2) is 43.3 Å². The van der Waals surface area contributed by atoms with Crippen molar-refractivity contribution in [3.63, 3.8) is 0 Å². The van der Waals surface area contributed by atoms with E-state index in [1.807, 2.05) is 24.5 Å². The van der Waals surface area contributed by atoms with Crippen LogP contribution in [0.3, 0.4) is 0 Å². The lowest BCUT2D eigenvalue weighted by molar-refractivity contribution is -0.139. The molecule has 1 atom stereocenters. The van der Waals surface area contributed by atoms with Crippen LogP contribution in [0.1, 0.15) is 12.0 Å². The van der Waals surface area contributed by atoms with Gasteiger partial charge in [-0.2, -0.15) is 11.8 Å². The first-order chi connectivity index (χ1) is 9.62. The van der Waals surface area contributed by atoms with Gasteiger partial charge in [0.05, 0.1) is 14.2 Å². The number of methoxy groups -OCH3 is 2. The van der Waals surface area contributed by atoms with Gasteiger partial charge in [0.15, 0.2) is 0 Å². The molecule has 0 saturated heterocycles. The van der Waals surface area contributed by atoms with Crippen LogP contribution in [0, 0.1) is 0 Å². The fourth-order valence-electron chi connectivity index (χ4n) is 1.80. The summed E-state index contributed by atoms with van der Waals surface area (Å²) < 4.78 is 10.4. The number of carboxylic acids is 1. The summed E-state index contributed by atoms with van der Waals surface area (Å²) in [6.07, 6.45) is 2.55. The highest BCUT2D eigenvalue weighted by Crippen LogP contribution is 2.23. The molecule has 0 aliphatic heterocycles. The van der Waals surface area contributed by atoms with Crippen LogP contribution in [0.15, 0.2) is 18.2 Å². The van der Waals surface area contributed by atoms with Crippen molar-refractivity contribution in [2.24, 2.45) is 0 Å². The van der Waals surface area contributed by atoms with Crippen LogP contribution in [0.4, 0.5) is 0 Å². The minimum absolute atomic E-state index is 0.422. The Labute approximate surface area is 123 Å². The molecule has 6 heteroatoms. The maximum absolute atomic E-state index is 11.2. The molecule has 0 aliphatic carbocycles. The first-order valence-corrected chi connectivity index (χ1v) is 7.67. The standard InChI is InChI=1S/C14H21NO4S/c1-18-11-4-5-13(19-2)10(8-11)9-15-12(14(16)17)6-7-20-3/h4-5,8,12,15H,6-7,9H2,1-3H3,(H,16,17). The van der Waals surface area contributed by atoms with Gasteiger partial charge in [0.1, 0.15) is 17.5 Å². The molecule has 1 rings (SSSR count). The number of aliphatic carboxylic acids is 1. The molecule has 2 N–H and O–H groups in total. The molecule has 1 aromatic rings. The molecule has 20 heavy (non-hydrogen) atoms. The molecule has 5 nitrogen and oxygen atoms in total. The summed E-state index contributed by atoms with van der Waals surface area (Å²) in [4.78, 5) is 11.2. The molecule has 0 radical (unpaired) electrons. The molecular weight excluding hydrogens is 278 g/mol. The number of hydrogen-bond acceptors (Lipinski definition) is 5. The van der Waals surface area contributed by atoms with Crippen LogP contribution < -0.4 is 14.8 Å². The van der Waals surface area contributed by atoms with Gasteiger partial charge in [0.25, 0.3) is 0 Å². The third-order valence-electron chi connectivity index (χ3n) is 2.94. The van der Waals surface area contributed by atoms with Crippen molar-refractivity contribution in [2.75, 3.05) is 26.2 Å². The number of thioether (sulfide) groups is 1. The number of carbonyl (C=O) groups is 1. The molecular formula is C14H21NO4S. The number of carboxylic acid groups (broad SMARTS) is 1. The topological polar surface area (TPSA) is 67.8 Å². The highest BCUT2D eigenvalue weighted by atomic mass is 32.2. The van der Waals surface area contributed by atoms with Gasteiger partial charge >= 0.3 is 5.97 Å². The maximum atomic E-state index is 11.2. The number of ether oxygens (including phenoxy) is 2. The monoisotopic (exact) mass is 299 g/mol. The normalized spacial score (nSPS) is 11.9. The van der Waals surface area contributed by atoms with Crippen molar-refractivity contribution in [2.45, 2.75) is 19.0 Å². The van der Waals surface area contributed by atoms with Gasteiger partial charge in [-0.3, -0.25) is 4.79 Å². The lowest BCUT2D eigenvalue weighted by atomic mass is 10.1. The zero-order valence-electron chi connectivity index (χ0n) is 12.0. The van der Waals surface area contributed by atoms with Crippen LogP contribution >= 0.6 is 11.8 Å². The SMILES string of the molecule is COc1ccc(OC)c(CNC(CCSC)C(=O)O)c1. The smallest absolute Gasteiger partial charge is 0.320 e. The highest BCUT2D eigenvalue weighted by Gasteiger charge is 2.17. The highest BCUT2D eigenvalue weighted by molar-refractivity contribution is 7.98. The van der Waals surface area contributed by atoms with E-state index < -0.39 is 12.0 Å². The van der Waals surface area contributed by atoms with Crippen LogP contribution in [0.5, 0.6) is 11.5 Å². The number of benzene rings is 1. The Morgan fingerprint density at radius 3 is 2.70 bits per heavy atom. The Kier molecular flexibility index (Phi) is 7.25. The maximum Gasteiger partial charge on any atom is 0.320 e. The lowest BCUT2D eigenvalue weighted by Crippen LogP contribution is -2.36. The number of hydrogen-bond donors (Lipinski definition) is 2. The van der Waals surface area contributed by atoms with E-state index >= 15 is 0 Å². The third kappa shape index (κ3) is 4.94. The molecule has 0 amide bonds. The molecule has 0 aliphatic rings. The molecule has 1 unspecified atom stereocenters. The molecule has 0 heterocycles. The summed E-state index contributed by atoms with van der Waals surface area (Å²) in [5.74, 6) is 1.41. The van der Waals surface area contributed by atoms with Crippen molar-refractivity contribution in [1.82, 2.24) is 5.32 Å². The summed E-state index contributed by atoms with van der Waals surface area (Å²) >= 11 is 1.63. The van der Waals surface area contributed by atoms with E-state index in [4.69, 9.17) is 9.47 Å². The zero-order chi connectivity index (χ0) is 15.0. The molecule has 0 saturated carbocycles. The van der Waals surface area contributed by atoms with E-state index in [1.165, 1.54) is 0 Å². The second-order valence-electron chi connectivity index (χ2n) is 4.23. The predicted octanol–water partition coefficient (Wildman–Crippen LogP) is 2.00. The first kappa shape index (κ1) is 16.7. The van der Waals surface area contributed by atoms with Gasteiger partial charge in [0.2, 0.25) is 0 Å². The molecule has 112 valence electrons. The Balaban J connectivity index is 2.73. The van der Waals surface area contributed by atoms with Gasteiger partial charge in [-0.05, 0) is 36.6 Å². The summed E-state index contributed by atoms with van der Waals surface area (Å²) in [5.41, 5.74) is 0.877. The van der Waals surface area contributed by atoms with Crippen LogP contribution in [0.2, 0.25) is 0 Å². The largest absolute Gasteiger partial charge is 0.497 e. The van der Waals surface area contributed by atoms with Crippen LogP contribution in [-0.2, 0) is 11.3 Å². The van der Waals surface area contributed by atoms with Crippen molar-refractivity contribution in [3.05, 3.63) is 23.8 Å². The van der Waals surface area contributed by atoms with Gasteiger partial charge in [0, 0.05) is 12.1 Å². The minimum Gasteiger partial charge on any atom is -0.497 e. The fourth-order valence-corrected chi connectivity index (χ4v) is 2.27. The Bertz CT molecular complexity index is 439. The van der Waals surface area contributed by atoms with Crippen molar-refractivity contribution in [3.8, 4) is 11.5 Å². The minimum atomic E-state index is -0.832. The quantitative estimate of drug-likeness (QED) is 0.727. The molecule has 0 aromatic heterocycles. The summed E-state index contributed by atoms with van der Waals surface area (Å²) in [6.45, 7) is 0.422. The van der Waals surface area contributed by atoms with Gasteiger partial charge in [-0.15, -0.1) is 0 Å². The number of nitrogens with one attached hydrogen (secondary N) is 1. The van der Waals surface area contributed by atoms with Gasteiger partial charge in [-0.1, -0.05) is 0 Å². The van der Waals surface area contributed by atoms with E-state index in [2.05, 4.69) is 5.32 Å². The van der Waals surface area contributed by atoms with E-state index in [0.29, 0.717) is 18.7 Å². The molecule has 0 bridgehead atoms. The summed E-state index contributed by atoms with van der Waals surface area (Å²) in [5, 5.41) is 12.2. The van der Waals surface area contributed by atoms with Crippen LogP contribution in [0.25, 0.3) is 0 Å². The molecule has 0 spiro atoms. The van der Waals surface area contributed by atoms with Crippen molar-refractivity contribution < 1.29 is 19.4 Å². The Morgan fingerprint density at radius 1 is 1.40 bits per heavy atom. The average Bonchev–Trinajstić information content (AvgIpc) is 2.46. The Morgan fingerprint density at radius 2 is 2.15 bits per heavy atom. The summed E-state index contributed by atoms with van der Waals surface area (Å²) in [6, 6.07) is 4.91. The fraction of sp³-hybridized carbons (Fsp3) is 0.500. The molecule has 0 fully saturated rings. The van der Waals surface area contributed by atoms with Gasteiger partial charge < -0.3 is 19.9 Å². The summed E-state index contributed by atoms with van der Waals surface area (Å²) in [7, 11) is 3.19. The average molecular weight is 299 g/mol. The number of rotatable bonds is 9. The third-order valence-corrected chi connectivity index (χ3v) is 3.58. The zero-order valence-corrected chi connectivity index (χ0v) is 12.8. The second kappa shape index (κ2) is 8.71. The van der Waals surface area contributed by atoms with Crippen molar-refractivity contribution in [1.29, 1.82) is 0 Å². The molecule has 1 aromatic carbocycles. The lowest BCUT2D eigenvalue weighted by Gasteiger charge is -2.16. The first-order valence-electron chi connectivity index (χ1n) is 6.28. The van der Waals surface area contributed by atoms with E-state index in [9.17, 15) is 9.90 Å².